The Morgan fingerprint density at radius 3 is 2.72 bits per heavy atom. The SMILES string of the molecule is CCCC1=C(C(=O)OCC)[C@H](c2ccccc2OC)n2c(s/c(=C/c3cc(Br)c(N4CCCCC4)o3)c2=O)=N1. The topological polar surface area (TPSA) is 86.3 Å². The van der Waals surface area contributed by atoms with Crippen molar-refractivity contribution < 1.29 is 18.7 Å². The number of hydrogen-bond donors (Lipinski definition) is 0. The zero-order valence-electron chi connectivity index (χ0n) is 22.4. The number of methoxy groups -OCH3 is 1. The van der Waals surface area contributed by atoms with E-state index in [1.807, 2.05) is 37.3 Å². The summed E-state index contributed by atoms with van der Waals surface area (Å²) in [6, 6.07) is 8.61. The summed E-state index contributed by atoms with van der Waals surface area (Å²) in [4.78, 5) is 34.9. The number of furan rings is 1. The second-order valence-electron chi connectivity index (χ2n) is 9.51. The molecule has 2 aliphatic rings. The summed E-state index contributed by atoms with van der Waals surface area (Å²) in [7, 11) is 1.58. The number of esters is 1. The molecule has 5 rings (SSSR count). The lowest BCUT2D eigenvalue weighted by Crippen LogP contribution is -2.40. The first-order valence-corrected chi connectivity index (χ1v) is 15.0. The summed E-state index contributed by atoms with van der Waals surface area (Å²) in [5.74, 6) is 1.48. The highest BCUT2D eigenvalue weighted by molar-refractivity contribution is 9.10. The van der Waals surface area contributed by atoms with Crippen LogP contribution in [0.4, 0.5) is 5.88 Å². The van der Waals surface area contributed by atoms with Crippen molar-refractivity contribution >= 4 is 45.2 Å². The summed E-state index contributed by atoms with van der Waals surface area (Å²) in [6.45, 7) is 5.92. The van der Waals surface area contributed by atoms with Crippen LogP contribution < -0.4 is 24.5 Å². The number of halogens is 1. The molecule has 10 heteroatoms. The predicted octanol–water partition coefficient (Wildman–Crippen LogP) is 4.93. The van der Waals surface area contributed by atoms with E-state index in [-0.39, 0.29) is 12.2 Å². The maximum absolute atomic E-state index is 14.0. The van der Waals surface area contributed by atoms with Crippen LogP contribution in [0.3, 0.4) is 0 Å². The van der Waals surface area contributed by atoms with E-state index in [1.165, 1.54) is 17.8 Å². The minimum Gasteiger partial charge on any atom is -0.496 e. The fourth-order valence-corrected chi connectivity index (χ4v) is 6.75. The minimum atomic E-state index is -0.729. The zero-order chi connectivity index (χ0) is 27.5. The van der Waals surface area contributed by atoms with Crippen LogP contribution in [0.15, 0.2) is 60.3 Å². The molecule has 0 bridgehead atoms. The number of hydrogen-bond acceptors (Lipinski definition) is 8. The van der Waals surface area contributed by atoms with E-state index in [0.29, 0.717) is 44.1 Å². The third kappa shape index (κ3) is 5.36. The van der Waals surface area contributed by atoms with Gasteiger partial charge in [0.15, 0.2) is 4.80 Å². The average molecular weight is 615 g/mol. The molecular formula is C29H32BrN3O5S. The second kappa shape index (κ2) is 12.0. The molecule has 4 heterocycles. The van der Waals surface area contributed by atoms with Gasteiger partial charge in [-0.25, -0.2) is 9.79 Å². The second-order valence-corrected chi connectivity index (χ2v) is 11.4. The molecule has 206 valence electrons. The Kier molecular flexibility index (Phi) is 8.42. The number of benzene rings is 1. The van der Waals surface area contributed by atoms with Gasteiger partial charge in [0, 0.05) is 30.8 Å². The lowest BCUT2D eigenvalue weighted by molar-refractivity contribution is -0.139. The molecular weight excluding hydrogens is 582 g/mol. The third-order valence-corrected chi connectivity index (χ3v) is 8.48. The van der Waals surface area contributed by atoms with Gasteiger partial charge in [-0.2, -0.15) is 0 Å². The maximum Gasteiger partial charge on any atom is 0.338 e. The van der Waals surface area contributed by atoms with Crippen LogP contribution in [0.5, 0.6) is 5.75 Å². The molecule has 1 saturated heterocycles. The van der Waals surface area contributed by atoms with Crippen molar-refractivity contribution in [1.29, 1.82) is 0 Å². The summed E-state index contributed by atoms with van der Waals surface area (Å²) in [5, 5.41) is 0. The number of carbonyl (C=O) groups excluding carboxylic acids is 1. The molecule has 0 radical (unpaired) electrons. The van der Waals surface area contributed by atoms with Crippen molar-refractivity contribution in [3.8, 4) is 5.75 Å². The van der Waals surface area contributed by atoms with Crippen molar-refractivity contribution in [3.63, 3.8) is 0 Å². The van der Waals surface area contributed by atoms with Crippen LogP contribution >= 0.6 is 27.3 Å². The van der Waals surface area contributed by atoms with Gasteiger partial charge in [0.1, 0.15) is 17.6 Å². The van der Waals surface area contributed by atoms with Gasteiger partial charge in [0.2, 0.25) is 5.88 Å². The van der Waals surface area contributed by atoms with Gasteiger partial charge in [0.25, 0.3) is 5.56 Å². The molecule has 0 aliphatic carbocycles. The lowest BCUT2D eigenvalue weighted by Gasteiger charge is -2.26. The first-order chi connectivity index (χ1) is 19.0. The largest absolute Gasteiger partial charge is 0.496 e. The molecule has 2 aromatic heterocycles. The highest BCUT2D eigenvalue weighted by atomic mass is 79.9. The standard InChI is InChI=1S/C29H32BrN3O5S/c1-4-11-21-24(28(35)37-5-2)25(19-12-7-8-13-22(19)36-3)33-26(34)23(39-29(33)31-21)17-18-16-20(30)27(38-18)32-14-9-6-10-15-32/h7-8,12-13,16-17,25H,4-6,9-11,14-15H2,1-3H3/b23-17+/t25-/m0/s1. The highest BCUT2D eigenvalue weighted by Crippen LogP contribution is 2.37. The predicted molar refractivity (Wildman–Crippen MR) is 155 cm³/mol. The summed E-state index contributed by atoms with van der Waals surface area (Å²) < 4.78 is 20.3. The number of thiazole rings is 1. The van der Waals surface area contributed by atoms with Crippen LogP contribution in [0, 0.1) is 0 Å². The van der Waals surface area contributed by atoms with E-state index < -0.39 is 12.0 Å². The van der Waals surface area contributed by atoms with Crippen LogP contribution in [-0.2, 0) is 9.53 Å². The zero-order valence-corrected chi connectivity index (χ0v) is 24.8. The van der Waals surface area contributed by atoms with E-state index in [1.54, 1.807) is 24.7 Å². The Labute approximate surface area is 239 Å². The molecule has 1 fully saturated rings. The number of aromatic nitrogens is 1. The van der Waals surface area contributed by atoms with E-state index in [9.17, 15) is 9.59 Å². The number of para-hydroxylation sites is 1. The minimum absolute atomic E-state index is 0.220. The van der Waals surface area contributed by atoms with Gasteiger partial charge in [-0.1, -0.05) is 42.9 Å². The number of rotatable bonds is 8. The van der Waals surface area contributed by atoms with Crippen molar-refractivity contribution in [3.05, 3.63) is 77.1 Å². The summed E-state index contributed by atoms with van der Waals surface area (Å²) >= 11 is 4.92. The molecule has 0 saturated carbocycles. The van der Waals surface area contributed by atoms with Gasteiger partial charge < -0.3 is 18.8 Å². The van der Waals surface area contributed by atoms with E-state index in [2.05, 4.69) is 20.8 Å². The Morgan fingerprint density at radius 2 is 2.00 bits per heavy atom. The normalized spacial score (nSPS) is 17.7. The van der Waals surface area contributed by atoms with Crippen LogP contribution in [0.25, 0.3) is 6.08 Å². The lowest BCUT2D eigenvalue weighted by atomic mass is 9.93. The Hall–Kier alpha value is -3.11. The van der Waals surface area contributed by atoms with E-state index in [0.717, 1.165) is 42.7 Å². The molecule has 2 aliphatic heterocycles. The molecule has 0 N–H and O–H groups in total. The molecule has 3 aromatic rings. The number of carbonyl (C=O) groups is 1. The number of nitrogens with zero attached hydrogens (tertiary/aromatic N) is 3. The highest BCUT2D eigenvalue weighted by Gasteiger charge is 2.35. The molecule has 1 aromatic carbocycles. The number of piperidine rings is 1. The first kappa shape index (κ1) is 27.5. The molecule has 8 nitrogen and oxygen atoms in total. The van der Waals surface area contributed by atoms with Crippen LogP contribution in [0.1, 0.15) is 63.3 Å². The summed E-state index contributed by atoms with van der Waals surface area (Å²) in [6.07, 6.45) is 6.61. The van der Waals surface area contributed by atoms with Gasteiger partial charge in [-0.3, -0.25) is 9.36 Å². The van der Waals surface area contributed by atoms with E-state index >= 15 is 0 Å². The van der Waals surface area contributed by atoms with Gasteiger partial charge >= 0.3 is 5.97 Å². The van der Waals surface area contributed by atoms with Gasteiger partial charge in [-0.15, -0.1) is 0 Å². The Balaban J connectivity index is 1.69. The molecule has 0 amide bonds. The molecule has 0 unspecified atom stereocenters. The molecule has 1 atom stereocenters. The monoisotopic (exact) mass is 613 g/mol. The van der Waals surface area contributed by atoms with Crippen molar-refractivity contribution in [2.45, 2.75) is 52.0 Å². The number of allylic oxidation sites excluding steroid dienone is 1. The van der Waals surface area contributed by atoms with E-state index in [4.69, 9.17) is 18.9 Å². The number of fused-ring (bicyclic) bond motifs is 1. The Bertz CT molecular complexity index is 1580. The first-order valence-electron chi connectivity index (χ1n) is 13.4. The van der Waals surface area contributed by atoms with Crippen molar-refractivity contribution in [1.82, 2.24) is 4.57 Å². The smallest absolute Gasteiger partial charge is 0.338 e. The van der Waals surface area contributed by atoms with Gasteiger partial charge in [-0.05, 0) is 54.6 Å². The summed E-state index contributed by atoms with van der Waals surface area (Å²) in [5.41, 5.74) is 1.45. The van der Waals surface area contributed by atoms with Crippen LogP contribution in [-0.4, -0.2) is 37.3 Å². The van der Waals surface area contributed by atoms with Gasteiger partial charge in [0.05, 0.1) is 34.0 Å². The van der Waals surface area contributed by atoms with Crippen LogP contribution in [0.2, 0.25) is 0 Å². The fourth-order valence-electron chi connectivity index (χ4n) is 5.20. The molecule has 39 heavy (non-hydrogen) atoms. The maximum atomic E-state index is 14.0. The average Bonchev–Trinajstić information content (AvgIpc) is 3.47. The number of anilines is 1. The Morgan fingerprint density at radius 1 is 1.23 bits per heavy atom. The number of ether oxygens (including phenoxy) is 2. The van der Waals surface area contributed by atoms with Crippen molar-refractivity contribution in [2.75, 3.05) is 31.7 Å². The van der Waals surface area contributed by atoms with Crippen molar-refractivity contribution in [2.24, 2.45) is 4.99 Å². The third-order valence-electron chi connectivity index (χ3n) is 6.93. The molecule has 0 spiro atoms. The quantitative estimate of drug-likeness (QED) is 0.335. The fraction of sp³-hybridized carbons (Fsp3) is 0.414.